The highest BCUT2D eigenvalue weighted by Crippen LogP contribution is 2.40. The van der Waals surface area contributed by atoms with E-state index < -0.39 is 11.7 Å². The number of aromatic nitrogens is 3. The molecule has 5 heterocycles. The normalized spacial score (nSPS) is 26.5. The summed E-state index contributed by atoms with van der Waals surface area (Å²) in [5, 5.41) is 6.19. The first-order chi connectivity index (χ1) is 14.2. The molecule has 9 heteroatoms. The molecular weight excluding hydrogens is 390 g/mol. The van der Waals surface area contributed by atoms with E-state index >= 15 is 0 Å². The number of fused-ring (bicyclic) bond motifs is 2. The molecule has 1 N–H and O–H groups in total. The monoisotopic (exact) mass is 417 g/mol. The Kier molecular flexibility index (Phi) is 5.38. The van der Waals surface area contributed by atoms with E-state index in [1.807, 2.05) is 24.0 Å². The summed E-state index contributed by atoms with van der Waals surface area (Å²) in [6, 6.07) is 0. The second-order valence-corrected chi connectivity index (χ2v) is 9.07. The van der Waals surface area contributed by atoms with E-state index in [-0.39, 0.29) is 12.0 Å². The second kappa shape index (κ2) is 8.14. The number of nitrogens with one attached hydrogen (secondary N) is 1. The summed E-state index contributed by atoms with van der Waals surface area (Å²) in [6.07, 6.45) is 8.99. The molecular formula is C20H27N5O3S. The number of hydrogen-bond acceptors (Lipinski definition) is 7. The molecule has 0 bridgehead atoms. The summed E-state index contributed by atoms with van der Waals surface area (Å²) in [5.74, 6) is 0.902. The van der Waals surface area contributed by atoms with Crippen molar-refractivity contribution in [1.82, 2.24) is 24.8 Å². The molecule has 2 aromatic rings. The van der Waals surface area contributed by atoms with E-state index in [4.69, 9.17) is 9.47 Å². The maximum atomic E-state index is 12.8. The minimum absolute atomic E-state index is 0.0514. The summed E-state index contributed by atoms with van der Waals surface area (Å²) in [4.78, 5) is 24.2. The van der Waals surface area contributed by atoms with Crippen LogP contribution in [0, 0.1) is 0 Å². The number of rotatable bonds is 5. The van der Waals surface area contributed by atoms with Gasteiger partial charge in [-0.15, -0.1) is 11.3 Å². The van der Waals surface area contributed by atoms with Gasteiger partial charge in [-0.1, -0.05) is 0 Å². The van der Waals surface area contributed by atoms with Crippen molar-refractivity contribution >= 4 is 17.2 Å². The molecule has 2 aromatic heterocycles. The third-order valence-electron chi connectivity index (χ3n) is 6.18. The lowest BCUT2D eigenvalue weighted by atomic mass is 9.88. The van der Waals surface area contributed by atoms with Crippen LogP contribution in [0.25, 0.3) is 0 Å². The minimum Gasteiger partial charge on any atom is -0.376 e. The molecule has 0 saturated carbocycles. The van der Waals surface area contributed by atoms with Crippen molar-refractivity contribution < 1.29 is 14.3 Å². The van der Waals surface area contributed by atoms with Crippen molar-refractivity contribution in [2.45, 2.75) is 56.6 Å². The van der Waals surface area contributed by atoms with Crippen LogP contribution in [-0.4, -0.2) is 63.8 Å². The third kappa shape index (κ3) is 3.96. The van der Waals surface area contributed by atoms with E-state index in [9.17, 15) is 4.79 Å². The first kappa shape index (κ1) is 19.2. The van der Waals surface area contributed by atoms with Gasteiger partial charge in [-0.3, -0.25) is 9.69 Å². The summed E-state index contributed by atoms with van der Waals surface area (Å²) >= 11 is 1.69. The van der Waals surface area contributed by atoms with Gasteiger partial charge >= 0.3 is 0 Å². The first-order valence-electron chi connectivity index (χ1n) is 10.4. The fourth-order valence-electron chi connectivity index (χ4n) is 4.60. The lowest BCUT2D eigenvalue weighted by Crippen LogP contribution is -2.54. The SMILES string of the molecule is O=C(NCC1CCCO1)C1Cn2ccnc2C2(CCN(Cc3nccs3)CC2)O1. The van der Waals surface area contributed by atoms with Crippen molar-refractivity contribution in [2.24, 2.45) is 0 Å². The van der Waals surface area contributed by atoms with Gasteiger partial charge in [0, 0.05) is 50.2 Å². The third-order valence-corrected chi connectivity index (χ3v) is 6.94. The van der Waals surface area contributed by atoms with E-state index in [1.165, 1.54) is 0 Å². The van der Waals surface area contributed by atoms with Crippen molar-refractivity contribution in [3.05, 3.63) is 34.8 Å². The first-order valence-corrected chi connectivity index (χ1v) is 11.3. The lowest BCUT2D eigenvalue weighted by molar-refractivity contribution is -0.174. The van der Waals surface area contributed by atoms with E-state index in [0.717, 1.165) is 62.8 Å². The zero-order valence-corrected chi connectivity index (χ0v) is 17.3. The molecule has 2 atom stereocenters. The molecule has 3 aliphatic rings. The van der Waals surface area contributed by atoms with E-state index in [1.54, 1.807) is 11.3 Å². The van der Waals surface area contributed by atoms with Crippen LogP contribution in [0.2, 0.25) is 0 Å². The Bertz CT molecular complexity index is 825. The average molecular weight is 418 g/mol. The van der Waals surface area contributed by atoms with Gasteiger partial charge < -0.3 is 19.4 Å². The van der Waals surface area contributed by atoms with E-state index in [2.05, 4.69) is 24.8 Å². The van der Waals surface area contributed by atoms with Crippen LogP contribution in [0.1, 0.15) is 36.5 Å². The number of thiazole rings is 1. The Labute approximate surface area is 174 Å². The number of ether oxygens (including phenoxy) is 2. The van der Waals surface area contributed by atoms with Gasteiger partial charge in [-0.25, -0.2) is 9.97 Å². The number of carbonyl (C=O) groups is 1. The van der Waals surface area contributed by atoms with Crippen LogP contribution in [0.3, 0.4) is 0 Å². The topological polar surface area (TPSA) is 81.5 Å². The number of carbonyl (C=O) groups excluding carboxylic acids is 1. The summed E-state index contributed by atoms with van der Waals surface area (Å²) in [7, 11) is 0. The fourth-order valence-corrected chi connectivity index (χ4v) is 5.26. The van der Waals surface area contributed by atoms with Gasteiger partial charge in [0.1, 0.15) is 16.4 Å². The van der Waals surface area contributed by atoms with Crippen molar-refractivity contribution in [2.75, 3.05) is 26.2 Å². The Morgan fingerprint density at radius 2 is 2.21 bits per heavy atom. The summed E-state index contributed by atoms with van der Waals surface area (Å²) < 4.78 is 14.2. The number of nitrogens with zero attached hydrogens (tertiary/aromatic N) is 4. The molecule has 2 saturated heterocycles. The van der Waals surface area contributed by atoms with Crippen LogP contribution in [0.5, 0.6) is 0 Å². The van der Waals surface area contributed by atoms with Crippen LogP contribution in [-0.2, 0) is 33.0 Å². The highest BCUT2D eigenvalue weighted by molar-refractivity contribution is 7.09. The predicted molar refractivity (Wildman–Crippen MR) is 107 cm³/mol. The van der Waals surface area contributed by atoms with Crippen molar-refractivity contribution in [1.29, 1.82) is 0 Å². The molecule has 0 aliphatic carbocycles. The van der Waals surface area contributed by atoms with Gasteiger partial charge in [-0.05, 0) is 25.7 Å². The predicted octanol–water partition coefficient (Wildman–Crippen LogP) is 1.52. The smallest absolute Gasteiger partial charge is 0.251 e. The Morgan fingerprint density at radius 3 is 2.97 bits per heavy atom. The quantitative estimate of drug-likeness (QED) is 0.795. The Hall–Kier alpha value is -1.81. The maximum absolute atomic E-state index is 12.8. The van der Waals surface area contributed by atoms with Crippen LogP contribution < -0.4 is 5.32 Å². The number of likely N-dealkylation sites (tertiary alicyclic amines) is 1. The molecule has 5 rings (SSSR count). The zero-order valence-electron chi connectivity index (χ0n) is 16.5. The second-order valence-electron chi connectivity index (χ2n) is 8.09. The fraction of sp³-hybridized carbons (Fsp3) is 0.650. The van der Waals surface area contributed by atoms with Gasteiger partial charge in [0.2, 0.25) is 0 Å². The molecule has 29 heavy (non-hydrogen) atoms. The van der Waals surface area contributed by atoms with Gasteiger partial charge in [0.05, 0.1) is 19.2 Å². The van der Waals surface area contributed by atoms with Crippen LogP contribution >= 0.6 is 11.3 Å². The van der Waals surface area contributed by atoms with Gasteiger partial charge in [-0.2, -0.15) is 0 Å². The average Bonchev–Trinajstić information content (AvgIpc) is 3.50. The molecule has 1 amide bonds. The van der Waals surface area contributed by atoms with E-state index in [0.29, 0.717) is 13.1 Å². The number of imidazole rings is 1. The van der Waals surface area contributed by atoms with Crippen LogP contribution in [0.4, 0.5) is 0 Å². The summed E-state index contributed by atoms with van der Waals surface area (Å²) in [6.45, 7) is 4.53. The Balaban J connectivity index is 1.25. The molecule has 2 unspecified atom stereocenters. The number of hydrogen-bond donors (Lipinski definition) is 1. The zero-order chi connectivity index (χ0) is 19.7. The number of piperidine rings is 1. The molecule has 0 aromatic carbocycles. The minimum atomic E-state index is -0.497. The molecule has 2 fully saturated rings. The molecule has 3 aliphatic heterocycles. The maximum Gasteiger partial charge on any atom is 0.251 e. The number of amides is 1. The van der Waals surface area contributed by atoms with Crippen LogP contribution in [0.15, 0.2) is 24.0 Å². The lowest BCUT2D eigenvalue weighted by Gasteiger charge is -2.45. The highest BCUT2D eigenvalue weighted by atomic mass is 32.1. The largest absolute Gasteiger partial charge is 0.376 e. The Morgan fingerprint density at radius 1 is 1.31 bits per heavy atom. The molecule has 1 spiro atoms. The molecule has 8 nitrogen and oxygen atoms in total. The highest BCUT2D eigenvalue weighted by Gasteiger charge is 2.47. The van der Waals surface area contributed by atoms with Gasteiger partial charge in [0.15, 0.2) is 6.10 Å². The van der Waals surface area contributed by atoms with Gasteiger partial charge in [0.25, 0.3) is 5.91 Å². The molecule has 156 valence electrons. The summed E-state index contributed by atoms with van der Waals surface area (Å²) in [5.41, 5.74) is -0.493. The molecule has 0 radical (unpaired) electrons. The van der Waals surface area contributed by atoms with Crippen molar-refractivity contribution in [3.63, 3.8) is 0 Å². The standard InChI is InChI=1S/C20H27N5O3S/c26-18(23-12-15-2-1-10-27-15)16-13-25-9-5-22-19(25)20(28-16)3-7-24(8-4-20)14-17-21-6-11-29-17/h5-6,9,11,15-16H,1-4,7-8,10,12-14H2,(H,23,26). The van der Waals surface area contributed by atoms with Crippen molar-refractivity contribution in [3.8, 4) is 0 Å².